The van der Waals surface area contributed by atoms with Gasteiger partial charge in [0.05, 0.1) is 11.1 Å². The lowest BCUT2D eigenvalue weighted by atomic mass is 9.90. The molecule has 0 amide bonds. The molecule has 234 valence electrons. The number of esters is 2. The standard InChI is InChI=1S/C32H34O12/c1-31(2)41-25-24(40-30-27(26(25)42-31)43-32(3,4)44-30)22(34)23-21(33)20(39-29(36)18-13-9-6-10-14-18)15-19(38-23)16-37-28(35)17-11-7-5-8-12-17/h5-15,19,22-27,30,34H,16H2,1-4H3/t19-,22-,23-,24+,25-,26-,27+,30+/m0/s1. The van der Waals surface area contributed by atoms with Crippen molar-refractivity contribution < 1.29 is 57.4 Å². The molecule has 12 heteroatoms. The quantitative estimate of drug-likeness (QED) is 0.460. The summed E-state index contributed by atoms with van der Waals surface area (Å²) in [4.78, 5) is 39.2. The Balaban J connectivity index is 1.26. The molecule has 0 spiro atoms. The smallest absolute Gasteiger partial charge is 0.343 e. The molecule has 0 aromatic heterocycles. The summed E-state index contributed by atoms with van der Waals surface area (Å²) in [7, 11) is 0. The Morgan fingerprint density at radius 3 is 2.02 bits per heavy atom. The molecular formula is C32H34O12. The summed E-state index contributed by atoms with van der Waals surface area (Å²) < 4.78 is 47.2. The van der Waals surface area contributed by atoms with Gasteiger partial charge in [0, 0.05) is 0 Å². The average Bonchev–Trinajstić information content (AvgIpc) is 3.50. The third-order valence-corrected chi connectivity index (χ3v) is 7.60. The largest absolute Gasteiger partial charge is 0.459 e. The van der Waals surface area contributed by atoms with Crippen LogP contribution in [0.4, 0.5) is 0 Å². The van der Waals surface area contributed by atoms with Crippen LogP contribution in [0.1, 0.15) is 48.4 Å². The van der Waals surface area contributed by atoms with Crippen LogP contribution in [0, 0.1) is 0 Å². The van der Waals surface area contributed by atoms with Crippen LogP contribution in [0.5, 0.6) is 0 Å². The molecule has 8 atom stereocenters. The summed E-state index contributed by atoms with van der Waals surface area (Å²) >= 11 is 0. The summed E-state index contributed by atoms with van der Waals surface area (Å²) in [6.45, 7) is 6.55. The monoisotopic (exact) mass is 610 g/mol. The molecule has 0 saturated carbocycles. The lowest BCUT2D eigenvalue weighted by molar-refractivity contribution is -0.263. The molecule has 3 fully saturated rings. The number of aliphatic hydroxyl groups excluding tert-OH is 1. The number of Topliss-reactive ketones (excluding diaryl/α,β-unsaturated/α-hetero) is 1. The molecule has 3 saturated heterocycles. The third kappa shape index (κ3) is 6.20. The van der Waals surface area contributed by atoms with Gasteiger partial charge in [-0.2, -0.15) is 0 Å². The first-order chi connectivity index (χ1) is 20.9. The number of carbonyl (C=O) groups excluding carboxylic acids is 3. The van der Waals surface area contributed by atoms with Crippen molar-refractivity contribution in [2.75, 3.05) is 6.61 Å². The van der Waals surface area contributed by atoms with Crippen LogP contribution in [-0.4, -0.2) is 90.0 Å². The molecule has 0 radical (unpaired) electrons. The van der Waals surface area contributed by atoms with Gasteiger partial charge in [0.25, 0.3) is 0 Å². The summed E-state index contributed by atoms with van der Waals surface area (Å²) in [5, 5.41) is 11.7. The van der Waals surface area contributed by atoms with Gasteiger partial charge in [-0.1, -0.05) is 36.4 Å². The number of ether oxygens (including phenoxy) is 8. The highest BCUT2D eigenvalue weighted by Gasteiger charge is 2.63. The molecular weight excluding hydrogens is 576 g/mol. The molecule has 12 nitrogen and oxygen atoms in total. The van der Waals surface area contributed by atoms with Gasteiger partial charge in [0.1, 0.15) is 43.2 Å². The second-order valence-electron chi connectivity index (χ2n) is 11.8. The highest BCUT2D eigenvalue weighted by atomic mass is 16.9. The summed E-state index contributed by atoms with van der Waals surface area (Å²) in [5.41, 5.74) is 0.524. The van der Waals surface area contributed by atoms with Crippen molar-refractivity contribution >= 4 is 17.7 Å². The summed E-state index contributed by atoms with van der Waals surface area (Å²) in [6.07, 6.45) is -7.38. The van der Waals surface area contributed by atoms with Gasteiger partial charge in [-0.15, -0.1) is 0 Å². The van der Waals surface area contributed by atoms with Gasteiger partial charge in [-0.3, -0.25) is 4.79 Å². The Hall–Kier alpha value is -3.49. The molecule has 0 bridgehead atoms. The fourth-order valence-electron chi connectivity index (χ4n) is 5.73. The molecule has 0 unspecified atom stereocenters. The zero-order chi connectivity index (χ0) is 31.2. The normalized spacial score (nSPS) is 32.6. The van der Waals surface area contributed by atoms with Crippen LogP contribution in [0.3, 0.4) is 0 Å². The van der Waals surface area contributed by atoms with Gasteiger partial charge in [0.2, 0.25) is 5.78 Å². The van der Waals surface area contributed by atoms with Gasteiger partial charge in [0.15, 0.2) is 29.7 Å². The fraction of sp³-hybridized carbons (Fsp3) is 0.469. The van der Waals surface area contributed by atoms with E-state index in [2.05, 4.69) is 0 Å². The van der Waals surface area contributed by atoms with Crippen molar-refractivity contribution in [1.29, 1.82) is 0 Å². The number of hydrogen-bond donors (Lipinski definition) is 1. The molecule has 4 aliphatic rings. The highest BCUT2D eigenvalue weighted by molar-refractivity contribution is 6.02. The van der Waals surface area contributed by atoms with Gasteiger partial charge in [-0.25, -0.2) is 9.59 Å². The van der Waals surface area contributed by atoms with Gasteiger partial charge >= 0.3 is 11.9 Å². The molecule has 1 N–H and O–H groups in total. The maximum absolute atomic E-state index is 13.7. The van der Waals surface area contributed by atoms with Crippen molar-refractivity contribution in [1.82, 2.24) is 0 Å². The SMILES string of the molecule is CC1(C)O[C@@H]2[C@H](O1)[C@H]1OC(C)(C)O[C@H]1O[C@@H]2[C@@H](O)[C@H]1O[C@H](COC(=O)c2ccccc2)C=C(OC(=O)c2ccccc2)C1=O. The highest BCUT2D eigenvalue weighted by Crippen LogP contribution is 2.45. The van der Waals surface area contributed by atoms with E-state index in [0.29, 0.717) is 5.56 Å². The van der Waals surface area contributed by atoms with Gasteiger partial charge in [-0.05, 0) is 58.0 Å². The minimum atomic E-state index is -1.65. The van der Waals surface area contributed by atoms with Crippen LogP contribution >= 0.6 is 0 Å². The zero-order valence-corrected chi connectivity index (χ0v) is 24.6. The summed E-state index contributed by atoms with van der Waals surface area (Å²) in [5.74, 6) is -4.64. The molecule has 6 rings (SSSR count). The Kier molecular flexibility index (Phi) is 8.18. The van der Waals surface area contributed by atoms with E-state index in [1.807, 2.05) is 0 Å². The van der Waals surface area contributed by atoms with Crippen molar-refractivity contribution in [3.8, 4) is 0 Å². The lowest BCUT2D eigenvalue weighted by Crippen LogP contribution is -2.62. The number of hydrogen-bond acceptors (Lipinski definition) is 12. The number of rotatable bonds is 7. The molecule has 2 aromatic carbocycles. The second-order valence-corrected chi connectivity index (χ2v) is 11.8. The van der Waals surface area contributed by atoms with Crippen LogP contribution in [0.25, 0.3) is 0 Å². The fourth-order valence-corrected chi connectivity index (χ4v) is 5.73. The van der Waals surface area contributed by atoms with Crippen molar-refractivity contribution in [2.24, 2.45) is 0 Å². The van der Waals surface area contributed by atoms with E-state index in [1.165, 1.54) is 18.2 Å². The Morgan fingerprint density at radius 2 is 1.36 bits per heavy atom. The van der Waals surface area contributed by atoms with Crippen LogP contribution < -0.4 is 0 Å². The summed E-state index contributed by atoms with van der Waals surface area (Å²) in [6, 6.07) is 16.4. The molecule has 44 heavy (non-hydrogen) atoms. The predicted molar refractivity (Wildman–Crippen MR) is 149 cm³/mol. The van der Waals surface area contributed by atoms with Crippen molar-refractivity contribution in [3.05, 3.63) is 83.6 Å². The first-order valence-electron chi connectivity index (χ1n) is 14.4. The molecule has 0 aliphatic carbocycles. The van der Waals surface area contributed by atoms with E-state index < -0.39 is 78.3 Å². The Morgan fingerprint density at radius 1 is 0.795 bits per heavy atom. The van der Waals surface area contributed by atoms with E-state index in [4.69, 9.17) is 37.9 Å². The Bertz CT molecular complexity index is 1420. The van der Waals surface area contributed by atoms with E-state index in [9.17, 15) is 19.5 Å². The minimum absolute atomic E-state index is 0.209. The van der Waals surface area contributed by atoms with E-state index in [0.717, 1.165) is 0 Å². The van der Waals surface area contributed by atoms with Crippen molar-refractivity contribution in [2.45, 2.75) is 88.3 Å². The van der Waals surface area contributed by atoms with Crippen LogP contribution in [0.15, 0.2) is 72.5 Å². The Labute approximate surface area is 253 Å². The van der Waals surface area contributed by atoms with E-state index in [-0.39, 0.29) is 17.9 Å². The van der Waals surface area contributed by atoms with Crippen LogP contribution in [-0.2, 0) is 42.7 Å². The average molecular weight is 611 g/mol. The molecule has 2 aromatic rings. The number of fused-ring (bicyclic) bond motifs is 3. The number of benzene rings is 2. The lowest BCUT2D eigenvalue weighted by Gasteiger charge is -2.41. The number of ketones is 1. The topological polar surface area (TPSA) is 145 Å². The second kappa shape index (κ2) is 11.8. The van der Waals surface area contributed by atoms with Crippen LogP contribution in [0.2, 0.25) is 0 Å². The zero-order valence-electron chi connectivity index (χ0n) is 24.6. The van der Waals surface area contributed by atoms with E-state index in [1.54, 1.807) is 76.2 Å². The van der Waals surface area contributed by atoms with Crippen molar-refractivity contribution in [3.63, 3.8) is 0 Å². The maximum atomic E-state index is 13.7. The number of aliphatic hydroxyl groups is 1. The first kappa shape index (κ1) is 30.5. The van der Waals surface area contributed by atoms with Gasteiger partial charge < -0.3 is 43.0 Å². The first-order valence-corrected chi connectivity index (χ1v) is 14.4. The predicted octanol–water partition coefficient (Wildman–Crippen LogP) is 2.68. The third-order valence-electron chi connectivity index (χ3n) is 7.60. The maximum Gasteiger partial charge on any atom is 0.343 e. The van der Waals surface area contributed by atoms with E-state index >= 15 is 0 Å². The molecule has 4 aliphatic heterocycles. The molecule has 4 heterocycles. The number of carbonyl (C=O) groups is 3. The minimum Gasteiger partial charge on any atom is -0.459 e.